The van der Waals surface area contributed by atoms with Gasteiger partial charge in [0.25, 0.3) is 0 Å². The van der Waals surface area contributed by atoms with Crippen molar-refractivity contribution in [2.45, 2.75) is 32.9 Å². The van der Waals surface area contributed by atoms with Crippen LogP contribution < -0.4 is 10.2 Å². The highest BCUT2D eigenvalue weighted by Gasteiger charge is 2.22. The Balaban J connectivity index is 1.98. The summed E-state index contributed by atoms with van der Waals surface area (Å²) in [5.74, 6) is 0. The zero-order valence-electron chi connectivity index (χ0n) is 11.9. The molecule has 1 aliphatic heterocycles. The lowest BCUT2D eigenvalue weighted by Crippen LogP contribution is -2.54. The summed E-state index contributed by atoms with van der Waals surface area (Å²) in [4.78, 5) is 7.05. The molecule has 1 N–H and O–H groups in total. The number of rotatable bonds is 1. The van der Waals surface area contributed by atoms with Gasteiger partial charge in [-0.25, -0.2) is 0 Å². The van der Waals surface area contributed by atoms with Crippen molar-refractivity contribution >= 4 is 16.6 Å². The number of nitrogens with zero attached hydrogens (tertiary/aromatic N) is 2. The van der Waals surface area contributed by atoms with E-state index in [1.807, 2.05) is 6.92 Å². The lowest BCUT2D eigenvalue weighted by atomic mass is 10.1. The van der Waals surface area contributed by atoms with Gasteiger partial charge in [0.15, 0.2) is 0 Å². The van der Waals surface area contributed by atoms with Crippen LogP contribution in [0.5, 0.6) is 0 Å². The van der Waals surface area contributed by atoms with Crippen LogP contribution in [0.1, 0.15) is 19.5 Å². The van der Waals surface area contributed by atoms with E-state index in [4.69, 9.17) is 0 Å². The second-order valence-corrected chi connectivity index (χ2v) is 5.64. The number of piperazine rings is 1. The third-order valence-corrected chi connectivity index (χ3v) is 3.91. The summed E-state index contributed by atoms with van der Waals surface area (Å²) in [5.41, 5.74) is 3.46. The van der Waals surface area contributed by atoms with Crippen molar-refractivity contribution < 1.29 is 0 Å². The summed E-state index contributed by atoms with van der Waals surface area (Å²) in [6.45, 7) is 8.66. The van der Waals surface area contributed by atoms with E-state index < -0.39 is 0 Å². The van der Waals surface area contributed by atoms with E-state index in [9.17, 15) is 0 Å². The first-order chi connectivity index (χ1) is 9.13. The number of aromatic nitrogens is 1. The fourth-order valence-electron chi connectivity index (χ4n) is 2.77. The highest BCUT2D eigenvalue weighted by atomic mass is 15.2. The molecule has 1 saturated heterocycles. The molecule has 2 aromatic rings. The predicted octanol–water partition coefficient (Wildman–Crippen LogP) is 2.73. The Hall–Kier alpha value is -1.61. The van der Waals surface area contributed by atoms with Crippen molar-refractivity contribution in [1.29, 1.82) is 0 Å². The van der Waals surface area contributed by atoms with Gasteiger partial charge < -0.3 is 10.2 Å². The summed E-state index contributed by atoms with van der Waals surface area (Å²) in [6, 6.07) is 11.9. The normalized spacial score (nSPS) is 23.8. The van der Waals surface area contributed by atoms with Gasteiger partial charge in [0, 0.05) is 41.9 Å². The average molecular weight is 255 g/mol. The summed E-state index contributed by atoms with van der Waals surface area (Å²) >= 11 is 0. The van der Waals surface area contributed by atoms with Crippen LogP contribution in [0.2, 0.25) is 0 Å². The van der Waals surface area contributed by atoms with Crippen LogP contribution in [-0.2, 0) is 0 Å². The topological polar surface area (TPSA) is 28.2 Å². The van der Waals surface area contributed by atoms with E-state index in [1.165, 1.54) is 11.1 Å². The minimum absolute atomic E-state index is 0.534. The molecule has 3 nitrogen and oxygen atoms in total. The van der Waals surface area contributed by atoms with Gasteiger partial charge in [-0.15, -0.1) is 0 Å². The molecule has 2 unspecified atom stereocenters. The van der Waals surface area contributed by atoms with Crippen LogP contribution in [0.4, 0.5) is 5.69 Å². The molecule has 0 spiro atoms. The van der Waals surface area contributed by atoms with Crippen LogP contribution in [0.3, 0.4) is 0 Å². The Kier molecular flexibility index (Phi) is 3.15. The number of fused-ring (bicyclic) bond motifs is 1. The van der Waals surface area contributed by atoms with Crippen molar-refractivity contribution in [2.24, 2.45) is 0 Å². The Labute approximate surface area is 114 Å². The second-order valence-electron chi connectivity index (χ2n) is 5.64. The Bertz CT molecular complexity index is 594. The first-order valence-corrected chi connectivity index (χ1v) is 7.01. The second kappa shape index (κ2) is 4.82. The summed E-state index contributed by atoms with van der Waals surface area (Å²) in [7, 11) is 0. The number of aryl methyl sites for hydroxylation is 1. The molecule has 0 bridgehead atoms. The molecule has 0 amide bonds. The van der Waals surface area contributed by atoms with Crippen LogP contribution in [-0.4, -0.2) is 30.2 Å². The SMILES string of the molecule is Cc1ccc2cc(N3CC(C)NCC3C)ccc2n1. The molecule has 3 rings (SSSR count). The van der Waals surface area contributed by atoms with Crippen LogP contribution in [0, 0.1) is 6.92 Å². The van der Waals surface area contributed by atoms with Crippen LogP contribution in [0.15, 0.2) is 30.3 Å². The van der Waals surface area contributed by atoms with E-state index >= 15 is 0 Å². The number of benzene rings is 1. The van der Waals surface area contributed by atoms with E-state index in [0.717, 1.165) is 24.3 Å². The van der Waals surface area contributed by atoms with Crippen LogP contribution in [0.25, 0.3) is 10.9 Å². The van der Waals surface area contributed by atoms with Gasteiger partial charge in [0.2, 0.25) is 0 Å². The lowest BCUT2D eigenvalue weighted by Gasteiger charge is -2.39. The summed E-state index contributed by atoms with van der Waals surface area (Å²) < 4.78 is 0. The summed E-state index contributed by atoms with van der Waals surface area (Å²) in [5, 5.41) is 4.75. The third-order valence-electron chi connectivity index (χ3n) is 3.91. The van der Waals surface area contributed by atoms with E-state index in [0.29, 0.717) is 12.1 Å². The Morgan fingerprint density at radius 1 is 1.21 bits per heavy atom. The third kappa shape index (κ3) is 2.43. The molecule has 1 aromatic heterocycles. The minimum atomic E-state index is 0.534. The molecule has 1 aliphatic rings. The number of hydrogen-bond acceptors (Lipinski definition) is 3. The molecule has 2 heterocycles. The molecule has 1 aromatic carbocycles. The van der Waals surface area contributed by atoms with Crippen LogP contribution >= 0.6 is 0 Å². The molecule has 2 atom stereocenters. The van der Waals surface area contributed by atoms with Gasteiger partial charge in [-0.2, -0.15) is 0 Å². The largest absolute Gasteiger partial charge is 0.366 e. The number of pyridine rings is 1. The zero-order valence-corrected chi connectivity index (χ0v) is 11.9. The molecule has 19 heavy (non-hydrogen) atoms. The molecule has 100 valence electrons. The average Bonchev–Trinajstić information content (AvgIpc) is 2.41. The van der Waals surface area contributed by atoms with Gasteiger partial charge in [0.1, 0.15) is 0 Å². The maximum Gasteiger partial charge on any atom is 0.0706 e. The number of hydrogen-bond donors (Lipinski definition) is 1. The predicted molar refractivity (Wildman–Crippen MR) is 80.8 cm³/mol. The highest BCUT2D eigenvalue weighted by molar-refractivity contribution is 5.82. The summed E-state index contributed by atoms with van der Waals surface area (Å²) in [6.07, 6.45) is 0. The highest BCUT2D eigenvalue weighted by Crippen LogP contribution is 2.24. The van der Waals surface area contributed by atoms with Gasteiger partial charge in [-0.3, -0.25) is 4.98 Å². The first kappa shape index (κ1) is 12.4. The molecule has 1 fully saturated rings. The monoisotopic (exact) mass is 255 g/mol. The molecule has 0 saturated carbocycles. The fraction of sp³-hybridized carbons (Fsp3) is 0.438. The smallest absolute Gasteiger partial charge is 0.0706 e. The van der Waals surface area contributed by atoms with Crippen molar-refractivity contribution in [3.05, 3.63) is 36.0 Å². The minimum Gasteiger partial charge on any atom is -0.366 e. The van der Waals surface area contributed by atoms with Gasteiger partial charge in [0.05, 0.1) is 5.52 Å². The maximum absolute atomic E-state index is 4.57. The van der Waals surface area contributed by atoms with Crippen molar-refractivity contribution in [3.8, 4) is 0 Å². The molecular formula is C16H21N3. The lowest BCUT2D eigenvalue weighted by molar-refractivity contribution is 0.425. The number of anilines is 1. The molecular weight excluding hydrogens is 234 g/mol. The van der Waals surface area contributed by atoms with Gasteiger partial charge in [-0.1, -0.05) is 6.07 Å². The maximum atomic E-state index is 4.57. The molecule has 3 heteroatoms. The quantitative estimate of drug-likeness (QED) is 0.849. The van der Waals surface area contributed by atoms with Crippen molar-refractivity contribution in [3.63, 3.8) is 0 Å². The fourth-order valence-corrected chi connectivity index (χ4v) is 2.77. The van der Waals surface area contributed by atoms with E-state index in [2.05, 4.69) is 59.4 Å². The van der Waals surface area contributed by atoms with Gasteiger partial charge in [-0.05, 0) is 45.0 Å². The van der Waals surface area contributed by atoms with Gasteiger partial charge >= 0.3 is 0 Å². The Morgan fingerprint density at radius 3 is 2.89 bits per heavy atom. The van der Waals surface area contributed by atoms with E-state index in [1.54, 1.807) is 0 Å². The first-order valence-electron chi connectivity index (χ1n) is 7.01. The number of nitrogens with one attached hydrogen (secondary N) is 1. The standard InChI is InChI=1S/C16H21N3/c1-11-4-5-14-8-15(6-7-16(14)18-11)19-10-12(2)17-9-13(19)3/h4-8,12-13,17H,9-10H2,1-3H3. The zero-order chi connectivity index (χ0) is 13.4. The Morgan fingerprint density at radius 2 is 2.05 bits per heavy atom. The molecule has 0 aliphatic carbocycles. The van der Waals surface area contributed by atoms with Crippen molar-refractivity contribution in [1.82, 2.24) is 10.3 Å². The molecule has 0 radical (unpaired) electrons. The van der Waals surface area contributed by atoms with Crippen molar-refractivity contribution in [2.75, 3.05) is 18.0 Å². The van der Waals surface area contributed by atoms with E-state index in [-0.39, 0.29) is 0 Å².